The Morgan fingerprint density at radius 2 is 1.36 bits per heavy atom. The molecule has 0 aromatic carbocycles. The molecule has 6 heterocycles. The van der Waals surface area contributed by atoms with Gasteiger partial charge in [0.15, 0.2) is 23.5 Å². The van der Waals surface area contributed by atoms with E-state index < -0.39 is 93.2 Å². The minimum absolute atomic E-state index is 0.0121. The number of nitrogens with two attached hydrogens (primary N) is 2. The number of ether oxygens (including phenoxy) is 2. The van der Waals surface area contributed by atoms with Gasteiger partial charge in [-0.15, -0.1) is 0 Å². The van der Waals surface area contributed by atoms with Crippen LogP contribution in [0.1, 0.15) is 18.9 Å². The van der Waals surface area contributed by atoms with Gasteiger partial charge in [-0.3, -0.25) is 23.2 Å². The van der Waals surface area contributed by atoms with Crippen LogP contribution in [0.25, 0.3) is 22.3 Å². The number of fused-ring (bicyclic) bond motifs is 2. The lowest BCUT2D eigenvalue weighted by molar-refractivity contribution is -0.0503. The molecule has 0 spiro atoms. The molecule has 33 heteroatoms. The van der Waals surface area contributed by atoms with Crippen LogP contribution in [-0.4, -0.2) is 118 Å². The Morgan fingerprint density at radius 1 is 0.774 bits per heavy atom. The number of imidazole rings is 2. The van der Waals surface area contributed by atoms with E-state index >= 15 is 0 Å². The van der Waals surface area contributed by atoms with E-state index in [9.17, 15) is 57.9 Å². The minimum Gasteiger partial charge on any atom is -0.390 e. The number of hydrogen-bond donors (Lipinski definition) is 10. The number of nitrogens with one attached hydrogen (secondary N) is 1. The molecule has 6 rings (SSSR count). The molecule has 0 saturated carbocycles. The smallest absolute Gasteiger partial charge is 0.390 e. The second kappa shape index (κ2) is 14.5. The molecule has 2 fully saturated rings. The molecule has 0 aliphatic carbocycles. The first-order chi connectivity index (χ1) is 24.6. The average Bonchev–Trinajstić information content (AvgIpc) is 3.79. The predicted octanol–water partition coefficient (Wildman–Crippen LogP) is -2.12. The summed E-state index contributed by atoms with van der Waals surface area (Å²) in [5.74, 6) is -0.208. The monoisotopic (exact) mass is 836 g/mol. The normalized spacial score (nSPS) is 29.5. The lowest BCUT2D eigenvalue weighted by Gasteiger charge is -2.21. The maximum atomic E-state index is 12.4. The van der Waals surface area contributed by atoms with Crippen LogP contribution in [0, 0.1) is 0 Å². The number of anilines is 2. The molecule has 53 heavy (non-hydrogen) atoms. The topological polar surface area (TPSA) is 434 Å². The fourth-order valence-corrected chi connectivity index (χ4v) is 10.1. The number of aliphatic hydroxyl groups excluding tert-OH is 3. The Morgan fingerprint density at radius 3 is 2.02 bits per heavy atom. The molecule has 11 atom stereocenters. The molecule has 292 valence electrons. The third-order valence-electron chi connectivity index (χ3n) is 7.42. The van der Waals surface area contributed by atoms with Crippen molar-refractivity contribution in [2.24, 2.45) is 0 Å². The minimum atomic E-state index is -6.17. The van der Waals surface area contributed by atoms with Gasteiger partial charge in [0.1, 0.15) is 53.7 Å². The summed E-state index contributed by atoms with van der Waals surface area (Å²) in [6.45, 7) is -2.09. The first kappa shape index (κ1) is 39.6. The van der Waals surface area contributed by atoms with Crippen molar-refractivity contribution >= 4 is 65.3 Å². The van der Waals surface area contributed by atoms with Crippen molar-refractivity contribution in [2.45, 2.75) is 49.4 Å². The zero-order valence-electron chi connectivity index (χ0n) is 26.0. The number of aromatic nitrogens is 8. The number of nitrogens with zero attached hydrogens (tertiary/aromatic N) is 7. The van der Waals surface area contributed by atoms with Crippen LogP contribution < -0.4 is 17.2 Å². The van der Waals surface area contributed by atoms with Crippen molar-refractivity contribution in [3.05, 3.63) is 29.5 Å². The van der Waals surface area contributed by atoms with Gasteiger partial charge in [-0.2, -0.15) is 17.9 Å². The summed E-state index contributed by atoms with van der Waals surface area (Å²) in [7, 11) is -23.8. The van der Waals surface area contributed by atoms with Gasteiger partial charge in [0, 0.05) is 6.42 Å². The van der Waals surface area contributed by atoms with Gasteiger partial charge in [-0.1, -0.05) is 0 Å². The highest BCUT2D eigenvalue weighted by atomic mass is 31.3. The summed E-state index contributed by atoms with van der Waals surface area (Å²) < 4.78 is 83.7. The zero-order chi connectivity index (χ0) is 38.7. The van der Waals surface area contributed by atoms with Crippen molar-refractivity contribution in [1.29, 1.82) is 0 Å². The van der Waals surface area contributed by atoms with Gasteiger partial charge in [0.25, 0.3) is 0 Å². The van der Waals surface area contributed by atoms with Crippen molar-refractivity contribution < 1.29 is 84.6 Å². The Balaban J connectivity index is 1.01. The largest absolute Gasteiger partial charge is 0.490 e. The molecule has 0 radical (unpaired) electrons. The molecule has 12 N–H and O–H groups in total. The van der Waals surface area contributed by atoms with Gasteiger partial charge in [0.05, 0.1) is 32.0 Å². The standard InChI is InChI=1S/C20H28N10O19P4/c21-15-11-17(24-4-23-15)30(6-26-11)19-14(33)13(32)9(46-19)3-44-51(37,38)48-53(41,42)49-52(39,40)47-50(35,36)43-2-8-7(31)1-10(45-8)29-5-25-12-16(22)27-20(34)28-18(12)29/h4-10,13-14,19,31-33H,1-3H2,(H,35,36)(H,37,38)(H,39,40)(H,41,42)(H2,21,23,24)(H3,22,27,28,34)/t7-,8?,9-,10?,13?,14?,19-/m1/s1. The molecule has 2 aliphatic rings. The molecule has 4 aromatic heterocycles. The molecular formula is C20H28N10O19P4. The number of aliphatic hydroxyl groups is 3. The van der Waals surface area contributed by atoms with Crippen molar-refractivity contribution in [2.75, 3.05) is 24.7 Å². The SMILES string of the molecule is Nc1nc(=O)[nH]c2c1ncn2C1C[C@@H](O)C(COP(=O)(O)OP(=O)(O)OP(=O)(O)OP(=O)(O)OC[C@H]2O[C@@H](n3cnc4c(N)ncnc43)C(O)C2O)O1. The molecule has 0 bridgehead atoms. The number of phosphoric acid groups is 4. The van der Waals surface area contributed by atoms with Gasteiger partial charge in [0.2, 0.25) is 0 Å². The van der Waals surface area contributed by atoms with Crippen LogP contribution >= 0.6 is 31.3 Å². The van der Waals surface area contributed by atoms with Crippen molar-refractivity contribution in [3.63, 3.8) is 0 Å². The fraction of sp³-hybridized carbons (Fsp3) is 0.500. The zero-order valence-corrected chi connectivity index (χ0v) is 29.6. The van der Waals surface area contributed by atoms with Crippen LogP contribution in [0.15, 0.2) is 23.8 Å². The van der Waals surface area contributed by atoms with E-state index in [0.29, 0.717) is 0 Å². The highest BCUT2D eigenvalue weighted by Crippen LogP contribution is 2.71. The van der Waals surface area contributed by atoms with E-state index in [1.165, 1.54) is 10.9 Å². The molecule has 2 saturated heterocycles. The predicted molar refractivity (Wildman–Crippen MR) is 167 cm³/mol. The van der Waals surface area contributed by atoms with Crippen LogP contribution in [-0.2, 0) is 49.7 Å². The van der Waals surface area contributed by atoms with Crippen molar-refractivity contribution in [1.82, 2.24) is 39.0 Å². The summed E-state index contributed by atoms with van der Waals surface area (Å²) in [5.41, 5.74) is 11.0. The van der Waals surface area contributed by atoms with Crippen LogP contribution in [0.5, 0.6) is 0 Å². The Kier molecular flexibility index (Phi) is 10.8. The Hall–Kier alpha value is -3.14. The maximum absolute atomic E-state index is 12.4. The number of rotatable bonds is 14. The second-order valence-electron chi connectivity index (χ2n) is 11.0. The van der Waals surface area contributed by atoms with Gasteiger partial charge in [-0.05, 0) is 0 Å². The van der Waals surface area contributed by atoms with E-state index in [-0.39, 0.29) is 40.4 Å². The summed E-state index contributed by atoms with van der Waals surface area (Å²) in [4.78, 5) is 72.9. The summed E-state index contributed by atoms with van der Waals surface area (Å²) in [6.07, 6.45) is -7.08. The van der Waals surface area contributed by atoms with E-state index in [1.54, 1.807) is 0 Å². The van der Waals surface area contributed by atoms with Gasteiger partial charge in [-0.25, -0.2) is 43.0 Å². The number of hydrogen-bond acceptors (Lipinski definition) is 22. The summed E-state index contributed by atoms with van der Waals surface area (Å²) in [6, 6.07) is 0. The molecular weight excluding hydrogens is 808 g/mol. The Bertz CT molecular complexity index is 2270. The van der Waals surface area contributed by atoms with E-state index in [4.69, 9.17) is 20.9 Å². The van der Waals surface area contributed by atoms with E-state index in [2.05, 4.69) is 51.9 Å². The lowest BCUT2D eigenvalue weighted by atomic mass is 10.1. The second-order valence-corrected chi connectivity index (χ2v) is 17.3. The highest BCUT2D eigenvalue weighted by Gasteiger charge is 2.49. The first-order valence-corrected chi connectivity index (χ1v) is 20.4. The molecule has 29 nitrogen and oxygen atoms in total. The highest BCUT2D eigenvalue weighted by molar-refractivity contribution is 7.69. The van der Waals surface area contributed by atoms with Gasteiger partial charge >= 0.3 is 37.0 Å². The van der Waals surface area contributed by atoms with E-state index in [0.717, 1.165) is 17.2 Å². The van der Waals surface area contributed by atoms with Crippen LogP contribution in [0.2, 0.25) is 0 Å². The number of H-pyrrole nitrogens is 1. The van der Waals surface area contributed by atoms with Crippen LogP contribution in [0.4, 0.5) is 11.6 Å². The third kappa shape index (κ3) is 8.73. The summed E-state index contributed by atoms with van der Waals surface area (Å²) in [5, 5.41) is 31.3. The van der Waals surface area contributed by atoms with Crippen molar-refractivity contribution in [3.8, 4) is 0 Å². The molecule has 2 aliphatic heterocycles. The third-order valence-corrected chi connectivity index (χ3v) is 13.3. The maximum Gasteiger partial charge on any atom is 0.490 e. The number of phosphoric ester groups is 2. The first-order valence-electron chi connectivity index (χ1n) is 14.4. The fourth-order valence-electron chi connectivity index (χ4n) is 5.17. The van der Waals surface area contributed by atoms with E-state index in [1.807, 2.05) is 0 Å². The number of nitrogen functional groups attached to an aromatic ring is 2. The average molecular weight is 836 g/mol. The molecule has 8 unspecified atom stereocenters. The summed E-state index contributed by atoms with van der Waals surface area (Å²) >= 11 is 0. The molecule has 0 amide bonds. The van der Waals surface area contributed by atoms with Gasteiger partial charge < -0.3 is 55.8 Å². The molecule has 4 aromatic rings. The van der Waals surface area contributed by atoms with Crippen LogP contribution in [0.3, 0.4) is 0 Å². The number of aromatic amines is 1. The Labute approximate surface area is 292 Å². The quantitative estimate of drug-likeness (QED) is 0.0607. The lowest BCUT2D eigenvalue weighted by Crippen LogP contribution is -2.33.